The van der Waals surface area contributed by atoms with Gasteiger partial charge < -0.3 is 19.7 Å². The van der Waals surface area contributed by atoms with Crippen LogP contribution in [0.4, 0.5) is 5.69 Å². The SMILES string of the molecule is CC[C@H](C(=O)NC1CCCCC1)N(Cc1ccc(C)cc1)C(=O)CN(c1ccc2c(c1)OCO2)S(C)(=O)=O. The zero-order valence-corrected chi connectivity index (χ0v) is 23.1. The van der Waals surface area contributed by atoms with E-state index in [0.717, 1.165) is 47.4 Å². The quantitative estimate of drug-likeness (QED) is 0.490. The number of hydrogen-bond donors (Lipinski definition) is 1. The number of amides is 2. The minimum absolute atomic E-state index is 0.0508. The molecule has 206 valence electrons. The molecule has 1 saturated carbocycles. The van der Waals surface area contributed by atoms with E-state index in [1.165, 1.54) is 11.3 Å². The van der Waals surface area contributed by atoms with E-state index >= 15 is 0 Å². The van der Waals surface area contributed by atoms with Gasteiger partial charge in [0.1, 0.15) is 12.6 Å². The van der Waals surface area contributed by atoms with Crippen molar-refractivity contribution in [3.63, 3.8) is 0 Å². The van der Waals surface area contributed by atoms with Crippen molar-refractivity contribution in [1.29, 1.82) is 0 Å². The summed E-state index contributed by atoms with van der Waals surface area (Å²) in [5.41, 5.74) is 2.24. The summed E-state index contributed by atoms with van der Waals surface area (Å²) in [4.78, 5) is 28.8. The van der Waals surface area contributed by atoms with E-state index < -0.39 is 28.5 Å². The van der Waals surface area contributed by atoms with Crippen LogP contribution < -0.4 is 19.1 Å². The number of carbonyl (C=O) groups is 2. The lowest BCUT2D eigenvalue weighted by atomic mass is 9.95. The van der Waals surface area contributed by atoms with Gasteiger partial charge in [0.15, 0.2) is 11.5 Å². The topological polar surface area (TPSA) is 105 Å². The van der Waals surface area contributed by atoms with Crippen LogP contribution in [0.1, 0.15) is 56.6 Å². The number of aryl methyl sites for hydroxylation is 1. The lowest BCUT2D eigenvalue weighted by molar-refractivity contribution is -0.140. The number of benzene rings is 2. The maximum Gasteiger partial charge on any atom is 0.244 e. The van der Waals surface area contributed by atoms with E-state index in [9.17, 15) is 18.0 Å². The summed E-state index contributed by atoms with van der Waals surface area (Å²) in [6.45, 7) is 3.64. The maximum absolute atomic E-state index is 13.9. The standard InChI is InChI=1S/C28H37N3O6S/c1-4-24(28(33)29-22-8-6-5-7-9-22)30(17-21-12-10-20(2)11-13-21)27(32)18-31(38(3,34)35)23-14-15-25-26(16-23)37-19-36-25/h10-16,22,24H,4-9,17-19H2,1-3H3,(H,29,33)/t24-/m1/s1. The molecule has 0 bridgehead atoms. The second-order valence-electron chi connectivity index (χ2n) is 10.1. The molecule has 0 saturated heterocycles. The summed E-state index contributed by atoms with van der Waals surface area (Å²) in [5.74, 6) is 0.270. The van der Waals surface area contributed by atoms with Crippen LogP contribution in [0.15, 0.2) is 42.5 Å². The molecule has 10 heteroatoms. The molecule has 1 N–H and O–H groups in total. The van der Waals surface area contributed by atoms with E-state index in [0.29, 0.717) is 23.6 Å². The van der Waals surface area contributed by atoms with E-state index in [4.69, 9.17) is 9.47 Å². The maximum atomic E-state index is 13.9. The Bertz CT molecular complexity index is 1240. The minimum atomic E-state index is -3.83. The third-order valence-corrected chi connectivity index (χ3v) is 8.27. The average molecular weight is 544 g/mol. The van der Waals surface area contributed by atoms with Gasteiger partial charge in [-0.15, -0.1) is 0 Å². The molecular weight excluding hydrogens is 506 g/mol. The van der Waals surface area contributed by atoms with Crippen molar-refractivity contribution < 1.29 is 27.5 Å². The number of nitrogens with one attached hydrogen (secondary N) is 1. The molecule has 2 aromatic carbocycles. The number of ether oxygens (including phenoxy) is 2. The van der Waals surface area contributed by atoms with Crippen molar-refractivity contribution in [2.24, 2.45) is 0 Å². The highest BCUT2D eigenvalue weighted by molar-refractivity contribution is 7.92. The Morgan fingerprint density at radius 3 is 2.37 bits per heavy atom. The summed E-state index contributed by atoms with van der Waals surface area (Å²) in [6, 6.07) is 11.9. The lowest BCUT2D eigenvalue weighted by Crippen LogP contribution is -2.53. The fourth-order valence-electron chi connectivity index (χ4n) is 5.01. The smallest absolute Gasteiger partial charge is 0.244 e. The predicted octanol–water partition coefficient (Wildman–Crippen LogP) is 3.75. The van der Waals surface area contributed by atoms with Crippen LogP contribution in [0.5, 0.6) is 11.5 Å². The van der Waals surface area contributed by atoms with Crippen molar-refractivity contribution in [2.75, 3.05) is 23.9 Å². The molecule has 9 nitrogen and oxygen atoms in total. The minimum Gasteiger partial charge on any atom is -0.454 e. The van der Waals surface area contributed by atoms with Crippen molar-refractivity contribution >= 4 is 27.5 Å². The Morgan fingerprint density at radius 1 is 1.03 bits per heavy atom. The van der Waals surface area contributed by atoms with Crippen LogP contribution >= 0.6 is 0 Å². The van der Waals surface area contributed by atoms with E-state index in [2.05, 4.69) is 5.32 Å². The Labute approximate surface area is 225 Å². The monoisotopic (exact) mass is 543 g/mol. The first-order valence-corrected chi connectivity index (χ1v) is 15.0. The Morgan fingerprint density at radius 2 is 1.71 bits per heavy atom. The number of anilines is 1. The molecular formula is C28H37N3O6S. The predicted molar refractivity (Wildman–Crippen MR) is 146 cm³/mol. The van der Waals surface area contributed by atoms with Crippen molar-refractivity contribution in [1.82, 2.24) is 10.2 Å². The summed E-state index contributed by atoms with van der Waals surface area (Å²) >= 11 is 0. The van der Waals surface area contributed by atoms with Crippen LogP contribution in [0.2, 0.25) is 0 Å². The first-order chi connectivity index (χ1) is 18.2. The largest absolute Gasteiger partial charge is 0.454 e. The highest BCUT2D eigenvalue weighted by Gasteiger charge is 2.33. The van der Waals surface area contributed by atoms with Gasteiger partial charge in [0.2, 0.25) is 28.6 Å². The molecule has 0 spiro atoms. The molecule has 38 heavy (non-hydrogen) atoms. The molecule has 0 unspecified atom stereocenters. The molecule has 1 atom stereocenters. The van der Waals surface area contributed by atoms with Crippen LogP contribution in [0, 0.1) is 6.92 Å². The van der Waals surface area contributed by atoms with E-state index in [1.54, 1.807) is 18.2 Å². The fraction of sp³-hybridized carbons (Fsp3) is 0.500. The number of carbonyl (C=O) groups excluding carboxylic acids is 2. The van der Waals surface area contributed by atoms with Crippen molar-refractivity contribution in [3.8, 4) is 11.5 Å². The molecule has 0 aromatic heterocycles. The number of sulfonamides is 1. The lowest BCUT2D eigenvalue weighted by Gasteiger charge is -2.34. The van der Waals surface area contributed by atoms with Crippen molar-refractivity contribution in [2.45, 2.75) is 71.0 Å². The Balaban J connectivity index is 1.61. The van der Waals surface area contributed by atoms with Crippen LogP contribution in [-0.2, 0) is 26.2 Å². The summed E-state index contributed by atoms with van der Waals surface area (Å²) in [6.07, 6.45) is 6.64. The van der Waals surface area contributed by atoms with Crippen molar-refractivity contribution in [3.05, 3.63) is 53.6 Å². The highest BCUT2D eigenvalue weighted by atomic mass is 32.2. The third kappa shape index (κ3) is 6.78. The van der Waals surface area contributed by atoms with Gasteiger partial charge >= 0.3 is 0 Å². The average Bonchev–Trinajstić information content (AvgIpc) is 3.36. The number of hydrogen-bond acceptors (Lipinski definition) is 6. The Kier molecular flexibility index (Phi) is 8.81. The van der Waals surface area contributed by atoms with Crippen LogP contribution in [0.3, 0.4) is 0 Å². The third-order valence-electron chi connectivity index (χ3n) is 7.13. The van der Waals surface area contributed by atoms with Gasteiger partial charge in [-0.3, -0.25) is 13.9 Å². The molecule has 1 heterocycles. The first kappa shape index (κ1) is 27.8. The van der Waals surface area contributed by atoms with Gasteiger partial charge in [-0.05, 0) is 43.9 Å². The second kappa shape index (κ2) is 12.1. The van der Waals surface area contributed by atoms with Gasteiger partial charge in [0, 0.05) is 18.7 Å². The molecule has 2 aromatic rings. The number of rotatable bonds is 10. The zero-order valence-electron chi connectivity index (χ0n) is 22.3. The molecule has 4 rings (SSSR count). The number of fused-ring (bicyclic) bond motifs is 1. The van der Waals surface area contributed by atoms with E-state index in [1.807, 2.05) is 38.1 Å². The summed E-state index contributed by atoms with van der Waals surface area (Å²) < 4.78 is 37.4. The molecule has 2 amide bonds. The molecule has 0 radical (unpaired) electrons. The molecule has 1 aliphatic carbocycles. The Hall–Kier alpha value is -3.27. The molecule has 1 aliphatic heterocycles. The van der Waals surface area contributed by atoms with Crippen LogP contribution in [-0.4, -0.2) is 56.8 Å². The van der Waals surface area contributed by atoms with Crippen LogP contribution in [0.25, 0.3) is 0 Å². The normalized spacial score (nSPS) is 16.1. The van der Waals surface area contributed by atoms with Gasteiger partial charge in [-0.25, -0.2) is 8.42 Å². The van der Waals surface area contributed by atoms with Gasteiger partial charge in [0.25, 0.3) is 0 Å². The van der Waals surface area contributed by atoms with Gasteiger partial charge in [0.05, 0.1) is 11.9 Å². The summed E-state index contributed by atoms with van der Waals surface area (Å²) in [5, 5.41) is 3.15. The zero-order chi connectivity index (χ0) is 27.3. The fourth-order valence-corrected chi connectivity index (χ4v) is 5.85. The summed E-state index contributed by atoms with van der Waals surface area (Å²) in [7, 11) is -3.83. The molecule has 1 fully saturated rings. The van der Waals surface area contributed by atoms with Gasteiger partial charge in [-0.2, -0.15) is 0 Å². The van der Waals surface area contributed by atoms with Gasteiger partial charge in [-0.1, -0.05) is 56.0 Å². The highest BCUT2D eigenvalue weighted by Crippen LogP contribution is 2.36. The number of nitrogens with zero attached hydrogens (tertiary/aromatic N) is 2. The van der Waals surface area contributed by atoms with E-state index in [-0.39, 0.29) is 25.3 Å². The first-order valence-electron chi connectivity index (χ1n) is 13.2. The second-order valence-corrected chi connectivity index (χ2v) is 12.0. The molecule has 2 aliphatic rings.